The zero-order valence-corrected chi connectivity index (χ0v) is 12.8. The number of rotatable bonds is 4. The van der Waals surface area contributed by atoms with Crippen LogP contribution >= 0.6 is 11.3 Å². The Morgan fingerprint density at radius 1 is 1.30 bits per heavy atom. The van der Waals surface area contributed by atoms with E-state index in [0.29, 0.717) is 25.7 Å². The van der Waals surface area contributed by atoms with E-state index in [4.69, 9.17) is 5.11 Å². The second-order valence-electron chi connectivity index (χ2n) is 5.34. The third-order valence-corrected chi connectivity index (χ3v) is 4.50. The molecule has 1 aliphatic rings. The highest BCUT2D eigenvalue weighted by atomic mass is 32.1. The maximum absolute atomic E-state index is 12.4. The molecule has 128 valence electrons. The van der Waals surface area contributed by atoms with E-state index in [1.807, 2.05) is 0 Å². The van der Waals surface area contributed by atoms with Crippen LogP contribution in [0.25, 0.3) is 0 Å². The van der Waals surface area contributed by atoms with Gasteiger partial charge in [0.05, 0.1) is 12.5 Å². The number of hydrogen-bond acceptors (Lipinski definition) is 4. The molecule has 0 aliphatic heterocycles. The van der Waals surface area contributed by atoms with E-state index in [9.17, 15) is 22.8 Å². The number of nitrogens with one attached hydrogen (secondary N) is 2. The van der Waals surface area contributed by atoms with Gasteiger partial charge in [0, 0.05) is 11.4 Å². The smallest absolute Gasteiger partial charge is 0.434 e. The molecule has 0 bridgehead atoms. The largest absolute Gasteiger partial charge is 0.481 e. The molecular formula is C13H16F3N3O3S. The van der Waals surface area contributed by atoms with Gasteiger partial charge in [0.25, 0.3) is 0 Å². The summed E-state index contributed by atoms with van der Waals surface area (Å²) in [6.45, 7) is -0.0863. The third-order valence-electron chi connectivity index (χ3n) is 3.65. The van der Waals surface area contributed by atoms with E-state index in [1.165, 1.54) is 0 Å². The standard InChI is InChI=1S/C13H16F3N3O3S/c14-13(15,16)9-6-23-10(19-9)5-17-12(22)18-8-3-1-7(2-4-8)11(20)21/h6-8H,1-5H2,(H,20,21)(H2,17,18,22). The average molecular weight is 351 g/mol. The van der Waals surface area contributed by atoms with Crippen LogP contribution in [0.15, 0.2) is 5.38 Å². The molecule has 0 saturated heterocycles. The van der Waals surface area contributed by atoms with Gasteiger partial charge in [0.1, 0.15) is 5.01 Å². The molecule has 1 aliphatic carbocycles. The first-order chi connectivity index (χ1) is 10.8. The van der Waals surface area contributed by atoms with Crippen molar-refractivity contribution in [2.45, 2.75) is 44.4 Å². The first kappa shape index (κ1) is 17.5. The molecule has 1 heterocycles. The number of hydrogen-bond donors (Lipinski definition) is 3. The fourth-order valence-corrected chi connectivity index (χ4v) is 3.14. The highest BCUT2D eigenvalue weighted by molar-refractivity contribution is 7.09. The van der Waals surface area contributed by atoms with Crippen molar-refractivity contribution in [2.24, 2.45) is 5.92 Å². The highest BCUT2D eigenvalue weighted by Crippen LogP contribution is 2.30. The van der Waals surface area contributed by atoms with E-state index >= 15 is 0 Å². The number of aliphatic carboxylic acids is 1. The summed E-state index contributed by atoms with van der Waals surface area (Å²) in [5, 5.41) is 15.1. The Morgan fingerprint density at radius 3 is 2.48 bits per heavy atom. The zero-order valence-electron chi connectivity index (χ0n) is 12.0. The lowest BCUT2D eigenvalue weighted by Gasteiger charge is -2.26. The number of amides is 2. The quantitative estimate of drug-likeness (QED) is 0.778. The number of thiazole rings is 1. The van der Waals surface area contributed by atoms with E-state index < -0.39 is 23.9 Å². The zero-order chi connectivity index (χ0) is 17.0. The van der Waals surface area contributed by atoms with Crippen LogP contribution in [0.5, 0.6) is 0 Å². The van der Waals surface area contributed by atoms with E-state index in [2.05, 4.69) is 15.6 Å². The molecule has 0 radical (unpaired) electrons. The molecule has 1 aromatic heterocycles. The molecule has 1 fully saturated rings. The van der Waals surface area contributed by atoms with Crippen molar-refractivity contribution in [3.05, 3.63) is 16.1 Å². The number of alkyl halides is 3. The summed E-state index contributed by atoms with van der Waals surface area (Å²) in [4.78, 5) is 26.0. The lowest BCUT2D eigenvalue weighted by atomic mass is 9.86. The van der Waals surface area contributed by atoms with Crippen LogP contribution in [0.2, 0.25) is 0 Å². The number of nitrogens with zero attached hydrogens (tertiary/aromatic N) is 1. The van der Waals surface area contributed by atoms with Crippen molar-refractivity contribution in [1.29, 1.82) is 0 Å². The Balaban J connectivity index is 1.73. The van der Waals surface area contributed by atoms with Crippen LogP contribution in [-0.4, -0.2) is 28.1 Å². The minimum absolute atomic E-state index is 0.0863. The summed E-state index contributed by atoms with van der Waals surface area (Å²) >= 11 is 0.829. The molecule has 1 aromatic rings. The number of aromatic nitrogens is 1. The van der Waals surface area contributed by atoms with E-state index in [-0.39, 0.29) is 23.5 Å². The second-order valence-corrected chi connectivity index (χ2v) is 6.28. The Labute approximate surface area is 134 Å². The van der Waals surface area contributed by atoms with Crippen LogP contribution in [0.3, 0.4) is 0 Å². The van der Waals surface area contributed by atoms with Gasteiger partial charge in [0.15, 0.2) is 5.69 Å². The minimum atomic E-state index is -4.49. The predicted octanol–water partition coefficient (Wildman–Crippen LogP) is 2.60. The maximum atomic E-state index is 12.4. The molecule has 0 atom stereocenters. The highest BCUT2D eigenvalue weighted by Gasteiger charge is 2.33. The Morgan fingerprint density at radius 2 is 1.96 bits per heavy atom. The molecule has 0 aromatic carbocycles. The summed E-state index contributed by atoms with van der Waals surface area (Å²) < 4.78 is 37.2. The fraction of sp³-hybridized carbons (Fsp3) is 0.615. The van der Waals surface area contributed by atoms with E-state index in [1.54, 1.807) is 0 Å². The molecule has 2 rings (SSSR count). The molecule has 0 spiro atoms. The minimum Gasteiger partial charge on any atom is -0.481 e. The van der Waals surface area contributed by atoms with Gasteiger partial charge >= 0.3 is 18.2 Å². The number of carbonyl (C=O) groups is 2. The number of carbonyl (C=O) groups excluding carboxylic acids is 1. The van der Waals surface area contributed by atoms with Crippen molar-refractivity contribution in [1.82, 2.24) is 15.6 Å². The lowest BCUT2D eigenvalue weighted by Crippen LogP contribution is -2.43. The van der Waals surface area contributed by atoms with Gasteiger partial charge in [-0.3, -0.25) is 4.79 Å². The molecule has 6 nitrogen and oxygen atoms in total. The third kappa shape index (κ3) is 5.08. The molecule has 23 heavy (non-hydrogen) atoms. The normalized spacial score (nSPS) is 21.7. The molecular weight excluding hydrogens is 335 g/mol. The van der Waals surface area contributed by atoms with E-state index in [0.717, 1.165) is 16.7 Å². The molecule has 10 heteroatoms. The van der Waals surface area contributed by atoms with Gasteiger partial charge in [-0.05, 0) is 25.7 Å². The maximum Gasteiger partial charge on any atom is 0.434 e. The average Bonchev–Trinajstić information content (AvgIpc) is 2.95. The molecule has 3 N–H and O–H groups in total. The first-order valence-electron chi connectivity index (χ1n) is 7.04. The van der Waals surface area contributed by atoms with Gasteiger partial charge < -0.3 is 15.7 Å². The predicted molar refractivity (Wildman–Crippen MR) is 75.9 cm³/mol. The topological polar surface area (TPSA) is 91.3 Å². The van der Waals surface area contributed by atoms with Crippen LogP contribution in [-0.2, 0) is 17.5 Å². The fourth-order valence-electron chi connectivity index (χ4n) is 2.40. The summed E-state index contributed by atoms with van der Waals surface area (Å²) in [7, 11) is 0. The van der Waals surface area contributed by atoms with Crippen LogP contribution in [0, 0.1) is 5.92 Å². The summed E-state index contributed by atoms with van der Waals surface area (Å²) in [6, 6.07) is -0.611. The summed E-state index contributed by atoms with van der Waals surface area (Å²) in [5.41, 5.74) is -0.966. The van der Waals surface area contributed by atoms with Gasteiger partial charge in [-0.15, -0.1) is 11.3 Å². The van der Waals surface area contributed by atoms with Crippen LogP contribution in [0.1, 0.15) is 36.4 Å². The SMILES string of the molecule is O=C(NCc1nc(C(F)(F)F)cs1)NC1CCC(C(=O)O)CC1. The molecule has 1 saturated carbocycles. The van der Waals surface area contributed by atoms with Crippen molar-refractivity contribution in [3.8, 4) is 0 Å². The number of halogens is 3. The Hall–Kier alpha value is -1.84. The van der Waals surface area contributed by atoms with Crippen molar-refractivity contribution in [3.63, 3.8) is 0 Å². The number of carboxylic acids is 1. The number of carboxylic acid groups (broad SMARTS) is 1. The first-order valence-corrected chi connectivity index (χ1v) is 7.92. The van der Waals surface area contributed by atoms with Gasteiger partial charge in [-0.25, -0.2) is 9.78 Å². The van der Waals surface area contributed by atoms with Crippen molar-refractivity contribution >= 4 is 23.3 Å². The second kappa shape index (κ2) is 7.16. The van der Waals surface area contributed by atoms with Crippen molar-refractivity contribution in [2.75, 3.05) is 0 Å². The summed E-state index contributed by atoms with van der Waals surface area (Å²) in [5.74, 6) is -1.19. The Kier molecular flexibility index (Phi) is 5.45. The molecule has 2 amide bonds. The van der Waals surface area contributed by atoms with Gasteiger partial charge in [0.2, 0.25) is 0 Å². The van der Waals surface area contributed by atoms with Crippen molar-refractivity contribution < 1.29 is 27.9 Å². The lowest BCUT2D eigenvalue weighted by molar-refractivity contribution is -0.143. The monoisotopic (exact) mass is 351 g/mol. The molecule has 0 unspecified atom stereocenters. The van der Waals surface area contributed by atoms with Crippen LogP contribution < -0.4 is 10.6 Å². The van der Waals surface area contributed by atoms with Gasteiger partial charge in [-0.1, -0.05) is 0 Å². The Bertz CT molecular complexity index is 568. The van der Waals surface area contributed by atoms with Gasteiger partial charge in [-0.2, -0.15) is 13.2 Å². The number of urea groups is 1. The van der Waals surface area contributed by atoms with Crippen LogP contribution in [0.4, 0.5) is 18.0 Å². The summed E-state index contributed by atoms with van der Waals surface area (Å²) in [6.07, 6.45) is -2.34.